The van der Waals surface area contributed by atoms with Gasteiger partial charge in [-0.2, -0.15) is 0 Å². The molecule has 1 amide bonds. The standard InChI is InChI=1S/C20H18N4O5S2/c25-18(13-23-10-9-14-3-1-2-4-15(14)12-23)22-20-21-11-19(30-20)31(28,29)17-7-5-16(6-8-17)24(26)27/h1-8,11H,9-10,12-13H2,(H,21,22,25). The minimum Gasteiger partial charge on any atom is -0.301 e. The van der Waals surface area contributed by atoms with Crippen LogP contribution in [0.5, 0.6) is 0 Å². The van der Waals surface area contributed by atoms with Crippen LogP contribution in [0.2, 0.25) is 0 Å². The summed E-state index contributed by atoms with van der Waals surface area (Å²) in [4.78, 5) is 28.5. The Balaban J connectivity index is 1.40. The van der Waals surface area contributed by atoms with Gasteiger partial charge in [-0.05, 0) is 29.7 Å². The van der Waals surface area contributed by atoms with Crippen LogP contribution in [0.3, 0.4) is 0 Å². The first-order valence-corrected chi connectivity index (χ1v) is 11.7. The van der Waals surface area contributed by atoms with Gasteiger partial charge >= 0.3 is 0 Å². The molecule has 0 atom stereocenters. The second kappa shape index (κ2) is 8.53. The number of nitro groups is 1. The number of carbonyl (C=O) groups excluding carboxylic acids is 1. The van der Waals surface area contributed by atoms with Gasteiger partial charge in [-0.1, -0.05) is 35.6 Å². The van der Waals surface area contributed by atoms with Gasteiger partial charge in [-0.15, -0.1) is 0 Å². The van der Waals surface area contributed by atoms with Crippen LogP contribution in [0.4, 0.5) is 10.8 Å². The van der Waals surface area contributed by atoms with E-state index in [4.69, 9.17) is 0 Å². The largest absolute Gasteiger partial charge is 0.301 e. The molecule has 11 heteroatoms. The number of anilines is 1. The summed E-state index contributed by atoms with van der Waals surface area (Å²) in [7, 11) is -3.89. The third-order valence-corrected chi connectivity index (χ3v) is 8.07. The van der Waals surface area contributed by atoms with Crippen molar-refractivity contribution in [3.05, 3.63) is 76.0 Å². The van der Waals surface area contributed by atoms with Gasteiger partial charge in [-0.3, -0.25) is 19.8 Å². The predicted octanol–water partition coefficient (Wildman–Crippen LogP) is 2.88. The molecule has 1 aromatic heterocycles. The molecule has 0 saturated carbocycles. The summed E-state index contributed by atoms with van der Waals surface area (Å²) in [6.07, 6.45) is 2.05. The lowest BCUT2D eigenvalue weighted by Crippen LogP contribution is -2.37. The van der Waals surface area contributed by atoms with Crippen molar-refractivity contribution in [3.63, 3.8) is 0 Å². The number of nitrogens with zero attached hydrogens (tertiary/aromatic N) is 3. The Labute approximate surface area is 182 Å². The minimum absolute atomic E-state index is 0.0523. The second-order valence-corrected chi connectivity index (χ2v) is 10.2. The maximum absolute atomic E-state index is 12.7. The van der Waals surface area contributed by atoms with Crippen molar-refractivity contribution in [2.24, 2.45) is 0 Å². The highest BCUT2D eigenvalue weighted by molar-refractivity contribution is 7.93. The molecule has 31 heavy (non-hydrogen) atoms. The predicted molar refractivity (Wildman–Crippen MR) is 115 cm³/mol. The number of hydrogen-bond acceptors (Lipinski definition) is 8. The number of aromatic nitrogens is 1. The maximum atomic E-state index is 12.7. The molecule has 3 aromatic rings. The Bertz CT molecular complexity index is 1240. The highest BCUT2D eigenvalue weighted by Gasteiger charge is 2.23. The summed E-state index contributed by atoms with van der Waals surface area (Å²) < 4.78 is 25.4. The van der Waals surface area contributed by atoms with Crippen molar-refractivity contribution in [3.8, 4) is 0 Å². The average molecular weight is 459 g/mol. The summed E-state index contributed by atoms with van der Waals surface area (Å²) in [5.74, 6) is -0.270. The lowest BCUT2D eigenvalue weighted by Gasteiger charge is -2.27. The van der Waals surface area contributed by atoms with Gasteiger partial charge in [-0.25, -0.2) is 13.4 Å². The van der Waals surface area contributed by atoms with E-state index >= 15 is 0 Å². The normalized spacial score (nSPS) is 14.1. The second-order valence-electron chi connectivity index (χ2n) is 7.02. The van der Waals surface area contributed by atoms with Gasteiger partial charge in [0.15, 0.2) is 5.13 Å². The molecule has 0 spiro atoms. The number of thiazole rings is 1. The Morgan fingerprint density at radius 3 is 2.58 bits per heavy atom. The first kappa shape index (κ1) is 21.1. The molecule has 1 aliphatic heterocycles. The molecule has 160 valence electrons. The van der Waals surface area contributed by atoms with Crippen LogP contribution in [-0.2, 0) is 27.6 Å². The average Bonchev–Trinajstić information content (AvgIpc) is 3.23. The van der Waals surface area contributed by atoms with Crippen LogP contribution in [-0.4, -0.2) is 42.2 Å². The molecule has 4 rings (SSSR count). The zero-order chi connectivity index (χ0) is 22.0. The first-order valence-electron chi connectivity index (χ1n) is 9.37. The van der Waals surface area contributed by atoms with Crippen molar-refractivity contribution >= 4 is 37.9 Å². The molecule has 2 aromatic carbocycles. The number of amides is 1. The van der Waals surface area contributed by atoms with Gasteiger partial charge in [0, 0.05) is 25.2 Å². The van der Waals surface area contributed by atoms with E-state index in [0.29, 0.717) is 6.54 Å². The number of non-ortho nitro benzene ring substituents is 1. The topological polar surface area (TPSA) is 123 Å². The van der Waals surface area contributed by atoms with E-state index < -0.39 is 14.8 Å². The monoisotopic (exact) mass is 458 g/mol. The molecule has 0 unspecified atom stereocenters. The molecule has 0 bridgehead atoms. The number of benzene rings is 2. The number of nitro benzene ring substituents is 1. The van der Waals surface area contributed by atoms with Gasteiger partial charge in [0.25, 0.3) is 5.69 Å². The van der Waals surface area contributed by atoms with E-state index in [-0.39, 0.29) is 32.4 Å². The summed E-state index contributed by atoms with van der Waals surface area (Å²) in [6, 6.07) is 12.8. The first-order chi connectivity index (χ1) is 14.8. The Morgan fingerprint density at radius 2 is 1.87 bits per heavy atom. The number of carbonyl (C=O) groups is 1. The fourth-order valence-electron chi connectivity index (χ4n) is 3.36. The molecule has 0 aliphatic carbocycles. The summed E-state index contributed by atoms with van der Waals surface area (Å²) in [6.45, 7) is 1.63. The maximum Gasteiger partial charge on any atom is 0.269 e. The van der Waals surface area contributed by atoms with Crippen molar-refractivity contribution in [1.29, 1.82) is 0 Å². The molecule has 2 heterocycles. The fraction of sp³-hybridized carbons (Fsp3) is 0.200. The summed E-state index contributed by atoms with van der Waals surface area (Å²) in [5, 5.41) is 13.6. The van der Waals surface area contributed by atoms with E-state index in [0.717, 1.165) is 36.4 Å². The van der Waals surface area contributed by atoms with Gasteiger partial charge in [0.05, 0.1) is 22.6 Å². The Hall–Kier alpha value is -3.15. The van der Waals surface area contributed by atoms with E-state index in [1.165, 1.54) is 29.5 Å². The number of sulfone groups is 1. The fourth-order valence-corrected chi connectivity index (χ4v) is 5.80. The van der Waals surface area contributed by atoms with E-state index in [2.05, 4.69) is 22.4 Å². The van der Waals surface area contributed by atoms with E-state index in [1.54, 1.807) is 0 Å². The lowest BCUT2D eigenvalue weighted by atomic mass is 10.00. The van der Waals surface area contributed by atoms with Gasteiger partial charge in [0.2, 0.25) is 15.7 Å². The molecular weight excluding hydrogens is 440 g/mol. The Kier molecular flexibility index (Phi) is 5.81. The molecular formula is C20H18N4O5S2. The smallest absolute Gasteiger partial charge is 0.269 e. The number of hydrogen-bond donors (Lipinski definition) is 1. The van der Waals surface area contributed by atoms with Crippen LogP contribution in [0.1, 0.15) is 11.1 Å². The molecule has 0 fully saturated rings. The molecule has 0 radical (unpaired) electrons. The van der Waals surface area contributed by atoms with Crippen LogP contribution in [0, 0.1) is 10.1 Å². The van der Waals surface area contributed by atoms with Crippen molar-refractivity contribution in [2.75, 3.05) is 18.4 Å². The molecule has 1 N–H and O–H groups in total. The zero-order valence-electron chi connectivity index (χ0n) is 16.2. The summed E-state index contributed by atoms with van der Waals surface area (Å²) in [5.41, 5.74) is 2.30. The zero-order valence-corrected chi connectivity index (χ0v) is 17.9. The summed E-state index contributed by atoms with van der Waals surface area (Å²) >= 11 is 0.841. The quantitative estimate of drug-likeness (QED) is 0.445. The van der Waals surface area contributed by atoms with Crippen LogP contribution < -0.4 is 5.32 Å². The van der Waals surface area contributed by atoms with Gasteiger partial charge in [0.1, 0.15) is 4.21 Å². The Morgan fingerprint density at radius 1 is 1.16 bits per heavy atom. The molecule has 0 saturated heterocycles. The SMILES string of the molecule is O=C(CN1CCc2ccccc2C1)Nc1ncc(S(=O)(=O)c2ccc([N+](=O)[O-])cc2)s1. The number of nitrogens with one attached hydrogen (secondary N) is 1. The molecule has 9 nitrogen and oxygen atoms in total. The third-order valence-electron chi connectivity index (χ3n) is 4.93. The van der Waals surface area contributed by atoms with Gasteiger partial charge < -0.3 is 5.32 Å². The number of fused-ring (bicyclic) bond motifs is 1. The molecule has 1 aliphatic rings. The highest BCUT2D eigenvalue weighted by Crippen LogP contribution is 2.29. The van der Waals surface area contributed by atoms with Crippen LogP contribution >= 0.6 is 11.3 Å². The van der Waals surface area contributed by atoms with Crippen molar-refractivity contribution in [2.45, 2.75) is 22.1 Å². The highest BCUT2D eigenvalue weighted by atomic mass is 32.2. The minimum atomic E-state index is -3.89. The van der Waals surface area contributed by atoms with E-state index in [9.17, 15) is 23.3 Å². The van der Waals surface area contributed by atoms with Crippen molar-refractivity contribution in [1.82, 2.24) is 9.88 Å². The van der Waals surface area contributed by atoms with Crippen LogP contribution in [0.15, 0.2) is 63.8 Å². The lowest BCUT2D eigenvalue weighted by molar-refractivity contribution is -0.384. The van der Waals surface area contributed by atoms with Crippen LogP contribution in [0.25, 0.3) is 0 Å². The van der Waals surface area contributed by atoms with Crippen molar-refractivity contribution < 1.29 is 18.1 Å². The van der Waals surface area contributed by atoms with E-state index in [1.807, 2.05) is 17.0 Å². The third kappa shape index (κ3) is 4.63. The number of rotatable bonds is 6.